The van der Waals surface area contributed by atoms with Crippen LogP contribution in [-0.4, -0.2) is 38.8 Å². The average molecular weight is 374 g/mol. The highest BCUT2D eigenvalue weighted by molar-refractivity contribution is 6.05. The fourth-order valence-electron chi connectivity index (χ4n) is 4.84. The van der Waals surface area contributed by atoms with Crippen molar-refractivity contribution in [1.82, 2.24) is 19.9 Å². The van der Waals surface area contributed by atoms with E-state index < -0.39 is 0 Å². The van der Waals surface area contributed by atoms with E-state index in [1.165, 1.54) is 0 Å². The number of hydrogen-bond acceptors (Lipinski definition) is 4. The van der Waals surface area contributed by atoms with Gasteiger partial charge in [-0.1, -0.05) is 18.2 Å². The molecule has 1 N–H and O–H groups in total. The Morgan fingerprint density at radius 2 is 1.93 bits per heavy atom. The van der Waals surface area contributed by atoms with E-state index in [-0.39, 0.29) is 16.9 Å². The number of carbonyl (C=O) groups excluding carboxylic acids is 1. The molecular weight excluding hydrogens is 352 g/mol. The highest BCUT2D eigenvalue weighted by Crippen LogP contribution is 2.44. The standard InChI is InChI=1S/C22H22N4O2/c1-14-24-19-17(20(27)25-14)7-8-22(19)9-12-26(13-10-22)21(28)16-6-2-4-15-5-3-11-23-18(15)16/h2-6,11H,7-10,12-13H2,1H3,(H,24,25,27). The van der Waals surface area contributed by atoms with Gasteiger partial charge in [0.15, 0.2) is 0 Å². The van der Waals surface area contributed by atoms with Crippen molar-refractivity contribution in [3.8, 4) is 0 Å². The summed E-state index contributed by atoms with van der Waals surface area (Å²) >= 11 is 0. The van der Waals surface area contributed by atoms with Crippen LogP contribution in [0.5, 0.6) is 0 Å². The molecule has 0 atom stereocenters. The third-order valence-electron chi connectivity index (χ3n) is 6.36. The summed E-state index contributed by atoms with van der Waals surface area (Å²) in [6.45, 7) is 3.18. The number of rotatable bonds is 1. The zero-order chi connectivity index (χ0) is 19.3. The normalized spacial score (nSPS) is 17.8. The van der Waals surface area contributed by atoms with Crippen LogP contribution < -0.4 is 5.56 Å². The number of likely N-dealkylation sites (tertiary alicyclic amines) is 1. The number of benzene rings is 1. The van der Waals surface area contributed by atoms with Gasteiger partial charge in [0.05, 0.1) is 16.8 Å². The number of aromatic nitrogens is 3. The fourth-order valence-corrected chi connectivity index (χ4v) is 4.84. The Labute approximate surface area is 162 Å². The smallest absolute Gasteiger partial charge is 0.256 e. The van der Waals surface area contributed by atoms with Gasteiger partial charge in [0.1, 0.15) is 5.82 Å². The third kappa shape index (κ3) is 2.55. The van der Waals surface area contributed by atoms with Gasteiger partial charge >= 0.3 is 0 Å². The first-order chi connectivity index (χ1) is 13.6. The van der Waals surface area contributed by atoms with Gasteiger partial charge < -0.3 is 9.88 Å². The molecule has 0 bridgehead atoms. The Kier molecular flexibility index (Phi) is 3.82. The van der Waals surface area contributed by atoms with Crippen molar-refractivity contribution >= 4 is 16.8 Å². The van der Waals surface area contributed by atoms with Crippen LogP contribution in [0.15, 0.2) is 41.3 Å². The van der Waals surface area contributed by atoms with E-state index in [0.29, 0.717) is 24.5 Å². The third-order valence-corrected chi connectivity index (χ3v) is 6.36. The Morgan fingerprint density at radius 1 is 1.14 bits per heavy atom. The molecule has 28 heavy (non-hydrogen) atoms. The second-order valence-electron chi connectivity index (χ2n) is 7.93. The monoisotopic (exact) mass is 374 g/mol. The number of para-hydroxylation sites is 1. The van der Waals surface area contributed by atoms with E-state index in [0.717, 1.165) is 47.8 Å². The molecule has 1 amide bonds. The van der Waals surface area contributed by atoms with Crippen LogP contribution in [0.3, 0.4) is 0 Å². The largest absolute Gasteiger partial charge is 0.339 e. The number of carbonyl (C=O) groups is 1. The SMILES string of the molecule is Cc1nc2c(c(=O)[nH]1)CCC21CCN(C(=O)c2cccc3cccnc23)CC1. The number of piperidine rings is 1. The second kappa shape index (κ2) is 6.26. The van der Waals surface area contributed by atoms with E-state index in [1.54, 1.807) is 6.20 Å². The molecule has 1 aliphatic carbocycles. The maximum Gasteiger partial charge on any atom is 0.256 e. The number of aryl methyl sites for hydroxylation is 1. The van der Waals surface area contributed by atoms with Gasteiger partial charge in [-0.05, 0) is 44.7 Å². The highest BCUT2D eigenvalue weighted by atomic mass is 16.2. The molecule has 1 spiro atoms. The van der Waals surface area contributed by atoms with Gasteiger partial charge in [0.25, 0.3) is 11.5 Å². The number of aromatic amines is 1. The molecule has 1 aromatic carbocycles. The predicted octanol–water partition coefficient (Wildman–Crippen LogP) is 2.75. The quantitative estimate of drug-likeness (QED) is 0.710. The van der Waals surface area contributed by atoms with E-state index in [9.17, 15) is 9.59 Å². The van der Waals surface area contributed by atoms with Crippen LogP contribution in [0.1, 0.15) is 46.7 Å². The van der Waals surface area contributed by atoms with Crippen LogP contribution in [0.25, 0.3) is 10.9 Å². The minimum absolute atomic E-state index is 0.000268. The lowest BCUT2D eigenvalue weighted by Crippen LogP contribution is -2.45. The van der Waals surface area contributed by atoms with Crippen molar-refractivity contribution in [2.24, 2.45) is 0 Å². The van der Waals surface area contributed by atoms with Crippen molar-refractivity contribution in [3.63, 3.8) is 0 Å². The van der Waals surface area contributed by atoms with Gasteiger partial charge in [-0.15, -0.1) is 0 Å². The molecule has 6 heteroatoms. The molecule has 0 radical (unpaired) electrons. The molecule has 1 aliphatic heterocycles. The predicted molar refractivity (Wildman–Crippen MR) is 106 cm³/mol. The molecule has 0 unspecified atom stereocenters. The molecule has 3 heterocycles. The molecule has 2 aromatic heterocycles. The Morgan fingerprint density at radius 3 is 2.75 bits per heavy atom. The molecule has 5 rings (SSSR count). The van der Waals surface area contributed by atoms with E-state index in [2.05, 4.69) is 9.97 Å². The van der Waals surface area contributed by atoms with Crippen molar-refractivity contribution in [2.45, 2.75) is 38.0 Å². The summed E-state index contributed by atoms with van der Waals surface area (Å²) in [6.07, 6.45) is 5.14. The number of H-pyrrole nitrogens is 1. The molecule has 0 saturated carbocycles. The van der Waals surface area contributed by atoms with E-state index >= 15 is 0 Å². The lowest BCUT2D eigenvalue weighted by atomic mass is 9.76. The van der Waals surface area contributed by atoms with Gasteiger partial charge in [-0.25, -0.2) is 4.98 Å². The second-order valence-corrected chi connectivity index (χ2v) is 7.93. The Bertz CT molecular complexity index is 1140. The summed E-state index contributed by atoms with van der Waals surface area (Å²) < 4.78 is 0. The fraction of sp³-hybridized carbons (Fsp3) is 0.364. The number of fused-ring (bicyclic) bond motifs is 3. The van der Waals surface area contributed by atoms with Crippen molar-refractivity contribution < 1.29 is 4.79 Å². The van der Waals surface area contributed by atoms with Gasteiger partial charge in [-0.2, -0.15) is 0 Å². The summed E-state index contributed by atoms with van der Waals surface area (Å²) in [6, 6.07) is 9.61. The van der Waals surface area contributed by atoms with Crippen molar-refractivity contribution in [3.05, 3.63) is 69.5 Å². The number of nitrogens with zero attached hydrogens (tertiary/aromatic N) is 3. The molecule has 1 fully saturated rings. The molecule has 2 aliphatic rings. The molecule has 1 saturated heterocycles. The maximum absolute atomic E-state index is 13.2. The van der Waals surface area contributed by atoms with Gasteiger partial charge in [0, 0.05) is 35.7 Å². The summed E-state index contributed by atoms with van der Waals surface area (Å²) in [5.74, 6) is 0.706. The van der Waals surface area contributed by atoms with Crippen LogP contribution in [0, 0.1) is 6.92 Å². The van der Waals surface area contributed by atoms with E-state index in [1.807, 2.05) is 42.2 Å². The van der Waals surface area contributed by atoms with Crippen LogP contribution in [0.4, 0.5) is 0 Å². The molecule has 142 valence electrons. The summed E-state index contributed by atoms with van der Waals surface area (Å²) in [5, 5.41) is 0.977. The van der Waals surface area contributed by atoms with Gasteiger partial charge in [-0.3, -0.25) is 14.6 Å². The molecule has 6 nitrogen and oxygen atoms in total. The van der Waals surface area contributed by atoms with Crippen LogP contribution in [-0.2, 0) is 11.8 Å². The minimum Gasteiger partial charge on any atom is -0.339 e. The number of nitrogens with one attached hydrogen (secondary N) is 1. The first-order valence-corrected chi connectivity index (χ1v) is 9.81. The minimum atomic E-state index is -0.0673. The number of hydrogen-bond donors (Lipinski definition) is 1. The topological polar surface area (TPSA) is 79.0 Å². The molecular formula is C22H22N4O2. The lowest BCUT2D eigenvalue weighted by molar-refractivity contribution is 0.0665. The first-order valence-electron chi connectivity index (χ1n) is 9.81. The average Bonchev–Trinajstić information content (AvgIpc) is 3.06. The summed E-state index contributed by atoms with van der Waals surface area (Å²) in [5.41, 5.74) is 3.15. The van der Waals surface area contributed by atoms with Crippen LogP contribution in [0.2, 0.25) is 0 Å². The maximum atomic E-state index is 13.2. The van der Waals surface area contributed by atoms with Crippen LogP contribution >= 0.6 is 0 Å². The first kappa shape index (κ1) is 17.1. The molecule has 3 aromatic rings. The van der Waals surface area contributed by atoms with Crippen molar-refractivity contribution in [1.29, 1.82) is 0 Å². The lowest BCUT2D eigenvalue weighted by Gasteiger charge is -2.39. The highest BCUT2D eigenvalue weighted by Gasteiger charge is 2.44. The Hall–Kier alpha value is -3.02. The van der Waals surface area contributed by atoms with E-state index in [4.69, 9.17) is 4.98 Å². The number of pyridine rings is 1. The van der Waals surface area contributed by atoms with Crippen molar-refractivity contribution in [2.75, 3.05) is 13.1 Å². The summed E-state index contributed by atoms with van der Waals surface area (Å²) in [4.78, 5) is 39.3. The summed E-state index contributed by atoms with van der Waals surface area (Å²) in [7, 11) is 0. The Balaban J connectivity index is 1.42. The van der Waals surface area contributed by atoms with Gasteiger partial charge in [0.2, 0.25) is 0 Å². The zero-order valence-corrected chi connectivity index (χ0v) is 15.9. The number of amides is 1. The zero-order valence-electron chi connectivity index (χ0n) is 15.9.